The predicted molar refractivity (Wildman–Crippen MR) is 86.3 cm³/mol. The van der Waals surface area contributed by atoms with Crippen molar-refractivity contribution in [2.45, 2.75) is 38.1 Å². The van der Waals surface area contributed by atoms with Crippen molar-refractivity contribution in [3.8, 4) is 0 Å². The number of rotatable bonds is 2. The highest BCUT2D eigenvalue weighted by atomic mass is 15.2. The van der Waals surface area contributed by atoms with E-state index in [4.69, 9.17) is 0 Å². The molecule has 0 radical (unpaired) electrons. The maximum absolute atomic E-state index is 2.56. The van der Waals surface area contributed by atoms with E-state index in [0.29, 0.717) is 0 Å². The Bertz CT molecular complexity index is 573. The average molecular weight is 265 g/mol. The van der Waals surface area contributed by atoms with Crippen molar-refractivity contribution in [2.24, 2.45) is 0 Å². The summed E-state index contributed by atoms with van der Waals surface area (Å²) < 4.78 is 0. The van der Waals surface area contributed by atoms with Gasteiger partial charge in [0.1, 0.15) is 0 Å². The normalized spacial score (nSPS) is 24.9. The van der Waals surface area contributed by atoms with Crippen LogP contribution in [0.4, 0.5) is 5.69 Å². The van der Waals surface area contributed by atoms with Crippen LogP contribution in [0.3, 0.4) is 0 Å². The standard InChI is InChI=1S/C19H23N/c1-18(2)14-19(3,16-10-6-4-7-11-16)15-20(18)17-12-8-5-9-13-17/h4-13H,14-15H2,1-3H3. The molecule has 104 valence electrons. The molecule has 2 aromatic carbocycles. The van der Waals surface area contributed by atoms with Crippen molar-refractivity contribution >= 4 is 5.69 Å². The van der Waals surface area contributed by atoms with E-state index in [1.54, 1.807) is 0 Å². The molecular formula is C19H23N. The van der Waals surface area contributed by atoms with Gasteiger partial charge in [-0.25, -0.2) is 0 Å². The first-order valence-electron chi connectivity index (χ1n) is 7.40. The highest BCUT2D eigenvalue weighted by Crippen LogP contribution is 2.45. The second kappa shape index (κ2) is 4.66. The SMILES string of the molecule is CC1(c2ccccc2)CN(c2ccccc2)C(C)(C)C1. The number of para-hydroxylation sites is 1. The molecule has 1 heteroatoms. The first-order chi connectivity index (χ1) is 9.51. The first kappa shape index (κ1) is 13.2. The van der Waals surface area contributed by atoms with E-state index in [1.165, 1.54) is 17.7 Å². The molecule has 1 heterocycles. The lowest BCUT2D eigenvalue weighted by atomic mass is 9.78. The van der Waals surface area contributed by atoms with Crippen LogP contribution in [0.1, 0.15) is 32.8 Å². The molecule has 1 aliphatic heterocycles. The van der Waals surface area contributed by atoms with Gasteiger partial charge in [-0.15, -0.1) is 0 Å². The third kappa shape index (κ3) is 2.22. The summed E-state index contributed by atoms with van der Waals surface area (Å²) in [5.41, 5.74) is 3.19. The summed E-state index contributed by atoms with van der Waals surface area (Å²) in [5, 5.41) is 0. The molecule has 2 aromatic rings. The van der Waals surface area contributed by atoms with Gasteiger partial charge in [-0.1, -0.05) is 55.5 Å². The molecule has 1 saturated heterocycles. The van der Waals surface area contributed by atoms with Crippen molar-refractivity contribution in [3.05, 3.63) is 66.2 Å². The average Bonchev–Trinajstić information content (AvgIpc) is 2.72. The number of hydrogen-bond donors (Lipinski definition) is 0. The molecule has 0 saturated carbocycles. The minimum atomic E-state index is 0.186. The lowest BCUT2D eigenvalue weighted by Gasteiger charge is -2.33. The van der Waals surface area contributed by atoms with Crippen molar-refractivity contribution < 1.29 is 0 Å². The van der Waals surface area contributed by atoms with Gasteiger partial charge in [-0.2, -0.15) is 0 Å². The maximum atomic E-state index is 2.56. The Morgan fingerprint density at radius 3 is 1.95 bits per heavy atom. The summed E-state index contributed by atoms with van der Waals surface area (Å²) >= 11 is 0. The van der Waals surface area contributed by atoms with Gasteiger partial charge in [0.2, 0.25) is 0 Å². The van der Waals surface area contributed by atoms with Gasteiger partial charge < -0.3 is 4.90 Å². The minimum Gasteiger partial charge on any atom is -0.365 e. The summed E-state index contributed by atoms with van der Waals surface area (Å²) in [6, 6.07) is 21.7. The summed E-state index contributed by atoms with van der Waals surface area (Å²) in [6.45, 7) is 8.18. The van der Waals surface area contributed by atoms with Crippen LogP contribution in [-0.2, 0) is 5.41 Å². The predicted octanol–water partition coefficient (Wildman–Crippen LogP) is 4.63. The Morgan fingerprint density at radius 1 is 0.800 bits per heavy atom. The molecule has 1 fully saturated rings. The van der Waals surface area contributed by atoms with Crippen molar-refractivity contribution in [2.75, 3.05) is 11.4 Å². The Labute approximate surface area is 122 Å². The number of nitrogens with zero attached hydrogens (tertiary/aromatic N) is 1. The van der Waals surface area contributed by atoms with E-state index in [1.807, 2.05) is 0 Å². The minimum absolute atomic E-state index is 0.186. The zero-order valence-corrected chi connectivity index (χ0v) is 12.6. The largest absolute Gasteiger partial charge is 0.365 e. The molecule has 0 aromatic heterocycles. The van der Waals surface area contributed by atoms with E-state index in [2.05, 4.69) is 86.3 Å². The summed E-state index contributed by atoms with van der Waals surface area (Å²) in [5.74, 6) is 0. The smallest absolute Gasteiger partial charge is 0.0370 e. The first-order valence-corrected chi connectivity index (χ1v) is 7.40. The van der Waals surface area contributed by atoms with Gasteiger partial charge in [0, 0.05) is 23.2 Å². The van der Waals surface area contributed by atoms with Gasteiger partial charge in [0.25, 0.3) is 0 Å². The molecule has 20 heavy (non-hydrogen) atoms. The molecule has 1 atom stereocenters. The van der Waals surface area contributed by atoms with Crippen molar-refractivity contribution in [3.63, 3.8) is 0 Å². The fourth-order valence-electron chi connectivity index (χ4n) is 3.75. The van der Waals surface area contributed by atoms with Gasteiger partial charge in [-0.3, -0.25) is 0 Å². The topological polar surface area (TPSA) is 3.24 Å². The van der Waals surface area contributed by atoms with Crippen LogP contribution in [-0.4, -0.2) is 12.1 Å². The molecule has 0 bridgehead atoms. The van der Waals surface area contributed by atoms with Crippen molar-refractivity contribution in [1.29, 1.82) is 0 Å². The van der Waals surface area contributed by atoms with Gasteiger partial charge in [0.15, 0.2) is 0 Å². The van der Waals surface area contributed by atoms with E-state index >= 15 is 0 Å². The van der Waals surface area contributed by atoms with Gasteiger partial charge >= 0.3 is 0 Å². The van der Waals surface area contributed by atoms with E-state index < -0.39 is 0 Å². The number of hydrogen-bond acceptors (Lipinski definition) is 1. The van der Waals surface area contributed by atoms with Crippen LogP contribution in [0.15, 0.2) is 60.7 Å². The highest BCUT2D eigenvalue weighted by Gasteiger charge is 2.46. The van der Waals surface area contributed by atoms with Crippen LogP contribution < -0.4 is 4.90 Å². The zero-order chi connectivity index (χ0) is 14.2. The molecule has 1 nitrogen and oxygen atoms in total. The lowest BCUT2D eigenvalue weighted by Crippen LogP contribution is -2.38. The molecule has 1 aliphatic rings. The number of benzene rings is 2. The van der Waals surface area contributed by atoms with E-state index in [0.717, 1.165) is 6.54 Å². The van der Waals surface area contributed by atoms with Crippen molar-refractivity contribution in [1.82, 2.24) is 0 Å². The van der Waals surface area contributed by atoms with E-state index in [9.17, 15) is 0 Å². The molecule has 0 aliphatic carbocycles. The van der Waals surface area contributed by atoms with Crippen LogP contribution >= 0.6 is 0 Å². The third-order valence-corrected chi connectivity index (χ3v) is 4.60. The number of anilines is 1. The Hall–Kier alpha value is -1.76. The fraction of sp³-hybridized carbons (Fsp3) is 0.368. The quantitative estimate of drug-likeness (QED) is 0.765. The molecular weight excluding hydrogens is 242 g/mol. The summed E-state index contributed by atoms with van der Waals surface area (Å²) in [7, 11) is 0. The Morgan fingerprint density at radius 2 is 1.35 bits per heavy atom. The van der Waals surface area contributed by atoms with Crippen LogP contribution in [0.25, 0.3) is 0 Å². The summed E-state index contributed by atoms with van der Waals surface area (Å²) in [6.07, 6.45) is 1.18. The monoisotopic (exact) mass is 265 g/mol. The zero-order valence-electron chi connectivity index (χ0n) is 12.6. The second-order valence-electron chi connectivity index (χ2n) is 6.84. The Kier molecular flexibility index (Phi) is 3.08. The lowest BCUT2D eigenvalue weighted by molar-refractivity contribution is 0.445. The molecule has 0 amide bonds. The third-order valence-electron chi connectivity index (χ3n) is 4.60. The van der Waals surface area contributed by atoms with Crippen LogP contribution in [0.5, 0.6) is 0 Å². The Balaban J connectivity index is 1.97. The fourth-order valence-corrected chi connectivity index (χ4v) is 3.75. The maximum Gasteiger partial charge on any atom is 0.0370 e. The molecule has 3 rings (SSSR count). The van der Waals surface area contributed by atoms with Crippen LogP contribution in [0.2, 0.25) is 0 Å². The molecule has 0 spiro atoms. The second-order valence-corrected chi connectivity index (χ2v) is 6.84. The van der Waals surface area contributed by atoms with Gasteiger partial charge in [-0.05, 0) is 38.0 Å². The summed E-state index contributed by atoms with van der Waals surface area (Å²) in [4.78, 5) is 2.56. The molecule has 0 N–H and O–H groups in total. The van der Waals surface area contributed by atoms with E-state index in [-0.39, 0.29) is 11.0 Å². The van der Waals surface area contributed by atoms with Crippen LogP contribution in [0, 0.1) is 0 Å². The molecule has 1 unspecified atom stereocenters. The highest BCUT2D eigenvalue weighted by molar-refractivity contribution is 5.52. The van der Waals surface area contributed by atoms with Gasteiger partial charge in [0.05, 0.1) is 0 Å².